The van der Waals surface area contributed by atoms with Crippen molar-refractivity contribution in [3.8, 4) is 11.8 Å². The van der Waals surface area contributed by atoms with Gasteiger partial charge in [-0.05, 0) is 30.7 Å². The van der Waals surface area contributed by atoms with Gasteiger partial charge < -0.3 is 5.73 Å². The van der Waals surface area contributed by atoms with Gasteiger partial charge in [-0.3, -0.25) is 10.2 Å². The maximum atomic E-state index is 11.8. The van der Waals surface area contributed by atoms with Crippen LogP contribution in [-0.4, -0.2) is 31.6 Å². The molecule has 0 fully saturated rings. The third kappa shape index (κ3) is 4.27. The van der Waals surface area contributed by atoms with Gasteiger partial charge in [-0.1, -0.05) is 11.8 Å². The highest BCUT2D eigenvalue weighted by Gasteiger charge is 2.07. The van der Waals surface area contributed by atoms with E-state index in [0.29, 0.717) is 12.1 Å². The van der Waals surface area contributed by atoms with Crippen molar-refractivity contribution in [2.45, 2.75) is 6.92 Å². The van der Waals surface area contributed by atoms with Gasteiger partial charge in [0, 0.05) is 25.2 Å². The molecule has 3 N–H and O–H groups in total. The molecule has 0 saturated heterocycles. The van der Waals surface area contributed by atoms with Crippen LogP contribution in [0.1, 0.15) is 21.5 Å². The summed E-state index contributed by atoms with van der Waals surface area (Å²) in [7, 11) is 3.53. The highest BCUT2D eigenvalue weighted by Crippen LogP contribution is 2.09. The number of amides is 1. The van der Waals surface area contributed by atoms with Gasteiger partial charge in [0.1, 0.15) is 0 Å². The zero-order valence-corrected chi connectivity index (χ0v) is 10.4. The largest absolute Gasteiger partial charge is 0.320 e. The third-order valence-electron chi connectivity index (χ3n) is 2.00. The number of nitrogens with two attached hydrogens (primary N) is 1. The van der Waals surface area contributed by atoms with Gasteiger partial charge in [0.05, 0.1) is 6.54 Å². The molecule has 0 aliphatic rings. The molecule has 1 amide bonds. The first kappa shape index (κ1) is 13.2. The quantitative estimate of drug-likeness (QED) is 0.576. The molecule has 0 spiro atoms. The van der Waals surface area contributed by atoms with E-state index in [1.54, 1.807) is 25.2 Å². The van der Waals surface area contributed by atoms with Crippen LogP contribution in [0.4, 0.5) is 0 Å². The van der Waals surface area contributed by atoms with Crippen molar-refractivity contribution in [2.75, 3.05) is 20.6 Å². The van der Waals surface area contributed by atoms with E-state index in [9.17, 15) is 4.79 Å². The summed E-state index contributed by atoms with van der Waals surface area (Å²) in [5.41, 5.74) is 10.4. The molecule has 0 aromatic heterocycles. The van der Waals surface area contributed by atoms with Crippen LogP contribution in [0.3, 0.4) is 0 Å². The number of nitrogens with one attached hydrogen (secondary N) is 1. The predicted octanol–water partition coefficient (Wildman–Crippen LogP) is 0.512. The zero-order chi connectivity index (χ0) is 12.8. The van der Waals surface area contributed by atoms with Crippen LogP contribution in [0.25, 0.3) is 0 Å². The highest BCUT2D eigenvalue weighted by molar-refractivity contribution is 5.94. The Morgan fingerprint density at radius 1 is 1.41 bits per heavy atom. The predicted molar refractivity (Wildman–Crippen MR) is 68.3 cm³/mol. The molecule has 90 valence electrons. The number of hydrogen-bond acceptors (Lipinski definition) is 3. The number of carbonyl (C=O) groups is 1. The van der Waals surface area contributed by atoms with E-state index in [1.165, 1.54) is 0 Å². The number of benzene rings is 1. The van der Waals surface area contributed by atoms with E-state index in [1.807, 2.05) is 19.1 Å². The number of aryl methyl sites for hydroxylation is 1. The minimum Gasteiger partial charge on any atom is -0.320 e. The second-order valence-corrected chi connectivity index (χ2v) is 3.93. The number of rotatable bonds is 2. The SMILES string of the molecule is Cc1cc(C#CCN)cc(C(=O)NN(C)C)c1. The zero-order valence-electron chi connectivity index (χ0n) is 10.4. The molecule has 1 rings (SSSR count). The van der Waals surface area contributed by atoms with Crippen molar-refractivity contribution in [1.82, 2.24) is 10.4 Å². The Kier molecular flexibility index (Phi) is 4.70. The first-order valence-corrected chi connectivity index (χ1v) is 5.32. The molecule has 1 aromatic carbocycles. The maximum Gasteiger partial charge on any atom is 0.265 e. The summed E-state index contributed by atoms with van der Waals surface area (Å²) in [6.07, 6.45) is 0. The van der Waals surface area contributed by atoms with E-state index in [0.717, 1.165) is 11.1 Å². The fraction of sp³-hybridized carbons (Fsp3) is 0.308. The van der Waals surface area contributed by atoms with Crippen LogP contribution in [0.5, 0.6) is 0 Å². The Hall–Kier alpha value is -1.83. The summed E-state index contributed by atoms with van der Waals surface area (Å²) < 4.78 is 0. The average Bonchev–Trinajstić information content (AvgIpc) is 2.24. The third-order valence-corrected chi connectivity index (χ3v) is 2.00. The minimum absolute atomic E-state index is 0.144. The summed E-state index contributed by atoms with van der Waals surface area (Å²) >= 11 is 0. The lowest BCUT2D eigenvalue weighted by Crippen LogP contribution is -2.36. The maximum absolute atomic E-state index is 11.8. The molecule has 0 radical (unpaired) electrons. The Bertz CT molecular complexity index is 469. The Balaban J connectivity index is 3.00. The monoisotopic (exact) mass is 231 g/mol. The minimum atomic E-state index is -0.144. The first-order valence-electron chi connectivity index (χ1n) is 5.32. The molecule has 0 heterocycles. The Morgan fingerprint density at radius 2 is 2.12 bits per heavy atom. The number of carbonyl (C=O) groups excluding carboxylic acids is 1. The molecule has 0 aliphatic heterocycles. The van der Waals surface area contributed by atoms with Gasteiger partial charge in [0.2, 0.25) is 0 Å². The molecule has 0 saturated carbocycles. The van der Waals surface area contributed by atoms with E-state index in [2.05, 4.69) is 17.3 Å². The lowest BCUT2D eigenvalue weighted by molar-refractivity contribution is 0.0857. The molecular formula is C13H17N3O. The van der Waals surface area contributed by atoms with Crippen LogP contribution in [0, 0.1) is 18.8 Å². The van der Waals surface area contributed by atoms with Crippen molar-refractivity contribution in [1.29, 1.82) is 0 Å². The van der Waals surface area contributed by atoms with Crippen molar-refractivity contribution >= 4 is 5.91 Å². The van der Waals surface area contributed by atoms with Crippen molar-refractivity contribution in [3.05, 3.63) is 34.9 Å². The molecular weight excluding hydrogens is 214 g/mol. The second kappa shape index (κ2) is 6.04. The van der Waals surface area contributed by atoms with Crippen molar-refractivity contribution in [2.24, 2.45) is 5.73 Å². The van der Waals surface area contributed by atoms with E-state index < -0.39 is 0 Å². The van der Waals surface area contributed by atoms with Gasteiger partial charge in [-0.25, -0.2) is 5.01 Å². The average molecular weight is 231 g/mol. The summed E-state index contributed by atoms with van der Waals surface area (Å²) in [5.74, 6) is 5.56. The molecule has 1 aromatic rings. The normalized spacial score (nSPS) is 9.71. The topological polar surface area (TPSA) is 58.4 Å². The van der Waals surface area contributed by atoms with Gasteiger partial charge in [0.25, 0.3) is 5.91 Å². The lowest BCUT2D eigenvalue weighted by atomic mass is 10.1. The van der Waals surface area contributed by atoms with Crippen LogP contribution in [0.2, 0.25) is 0 Å². The van der Waals surface area contributed by atoms with E-state index in [-0.39, 0.29) is 5.91 Å². The van der Waals surface area contributed by atoms with Crippen molar-refractivity contribution in [3.63, 3.8) is 0 Å². The van der Waals surface area contributed by atoms with Crippen LogP contribution in [-0.2, 0) is 0 Å². The van der Waals surface area contributed by atoms with Gasteiger partial charge in [0.15, 0.2) is 0 Å². The number of hydrazine groups is 1. The molecule has 0 bridgehead atoms. The Labute approximate surface area is 102 Å². The molecule has 0 unspecified atom stereocenters. The fourth-order valence-corrected chi connectivity index (χ4v) is 1.41. The van der Waals surface area contributed by atoms with Crippen molar-refractivity contribution < 1.29 is 4.79 Å². The first-order chi connectivity index (χ1) is 8.02. The summed E-state index contributed by atoms with van der Waals surface area (Å²) in [6.45, 7) is 2.24. The van der Waals surface area contributed by atoms with Crippen LogP contribution >= 0.6 is 0 Å². The van der Waals surface area contributed by atoms with E-state index in [4.69, 9.17) is 5.73 Å². The van der Waals surface area contributed by atoms with Gasteiger partial charge in [-0.2, -0.15) is 0 Å². The lowest BCUT2D eigenvalue weighted by Gasteiger charge is -2.12. The Morgan fingerprint density at radius 3 is 2.71 bits per heavy atom. The molecule has 0 aliphatic carbocycles. The van der Waals surface area contributed by atoms with Crippen LogP contribution in [0.15, 0.2) is 18.2 Å². The number of hydrogen-bond donors (Lipinski definition) is 2. The molecule has 4 nitrogen and oxygen atoms in total. The second-order valence-electron chi connectivity index (χ2n) is 3.93. The molecule has 4 heteroatoms. The summed E-state index contributed by atoms with van der Waals surface area (Å²) in [4.78, 5) is 11.8. The molecule has 17 heavy (non-hydrogen) atoms. The van der Waals surface area contributed by atoms with E-state index >= 15 is 0 Å². The fourth-order valence-electron chi connectivity index (χ4n) is 1.41. The molecule has 0 atom stereocenters. The highest BCUT2D eigenvalue weighted by atomic mass is 16.2. The van der Waals surface area contributed by atoms with Crippen LogP contribution < -0.4 is 11.2 Å². The summed E-state index contributed by atoms with van der Waals surface area (Å²) in [5, 5.41) is 1.61. The van der Waals surface area contributed by atoms with Gasteiger partial charge >= 0.3 is 0 Å². The standard InChI is InChI=1S/C13H17N3O/c1-10-7-11(5-4-6-14)9-12(8-10)13(17)15-16(2)3/h7-9H,6,14H2,1-3H3,(H,15,17). The number of nitrogens with zero attached hydrogens (tertiary/aromatic N) is 1. The smallest absolute Gasteiger partial charge is 0.265 e. The van der Waals surface area contributed by atoms with Gasteiger partial charge in [-0.15, -0.1) is 0 Å². The summed E-state index contributed by atoms with van der Waals surface area (Å²) in [6, 6.07) is 5.51.